The molecule has 0 aliphatic carbocycles. The Hall–Kier alpha value is -4.91. The first-order valence-corrected chi connectivity index (χ1v) is 16.0. The minimum Gasteiger partial charge on any atom is -0.396 e. The molecule has 46 heavy (non-hydrogen) atoms. The third-order valence-corrected chi connectivity index (χ3v) is 8.11. The largest absolute Gasteiger partial charge is 0.396 e. The van der Waals surface area contributed by atoms with Gasteiger partial charge in [0, 0.05) is 41.4 Å². The van der Waals surface area contributed by atoms with Gasteiger partial charge in [0.1, 0.15) is 11.0 Å². The summed E-state index contributed by atoms with van der Waals surface area (Å²) in [4.78, 5) is 21.8. The maximum Gasteiger partial charge on any atom is 0.148 e. The summed E-state index contributed by atoms with van der Waals surface area (Å²) in [6.45, 7) is 5.30. The first-order valence-electron chi connectivity index (χ1n) is 15.6. The van der Waals surface area contributed by atoms with Crippen LogP contribution in [-0.4, -0.2) is 44.2 Å². The van der Waals surface area contributed by atoms with Crippen LogP contribution < -0.4 is 4.90 Å². The molecule has 0 bridgehead atoms. The second-order valence-electron chi connectivity index (χ2n) is 11.4. The van der Waals surface area contributed by atoms with Crippen molar-refractivity contribution in [3.8, 4) is 56.2 Å². The predicted octanol–water partition coefficient (Wildman–Crippen LogP) is 9.24. The van der Waals surface area contributed by atoms with Crippen LogP contribution in [0.4, 0.5) is 5.82 Å². The molecule has 0 atom stereocenters. The lowest BCUT2D eigenvalue weighted by Crippen LogP contribution is -2.32. The molecule has 6 nitrogen and oxygen atoms in total. The maximum atomic E-state index is 9.33. The van der Waals surface area contributed by atoms with Gasteiger partial charge in [0.2, 0.25) is 0 Å². The summed E-state index contributed by atoms with van der Waals surface area (Å²) in [5.74, 6) is 0.830. The molecule has 7 heteroatoms. The van der Waals surface area contributed by atoms with Gasteiger partial charge in [0.05, 0.1) is 35.2 Å². The number of unbranched alkanes of at least 4 members (excludes halogenated alkanes) is 1. The zero-order chi connectivity index (χ0) is 31.9. The molecule has 0 radical (unpaired) electrons. The van der Waals surface area contributed by atoms with E-state index in [1.165, 1.54) is 0 Å². The van der Waals surface area contributed by atoms with E-state index in [2.05, 4.69) is 72.3 Å². The summed E-state index contributed by atoms with van der Waals surface area (Å²) < 4.78 is 0. The van der Waals surface area contributed by atoms with Crippen molar-refractivity contribution in [2.24, 2.45) is 0 Å². The van der Waals surface area contributed by atoms with Gasteiger partial charge in [-0.25, -0.2) is 9.97 Å². The molecule has 0 saturated carbocycles. The minimum absolute atomic E-state index is 0.186. The second kappa shape index (κ2) is 14.5. The highest BCUT2D eigenvalue weighted by molar-refractivity contribution is 6.29. The topological polar surface area (TPSA) is 75.0 Å². The molecular weight excluding hydrogens is 590 g/mol. The molecule has 4 aromatic carbocycles. The zero-order valence-corrected chi connectivity index (χ0v) is 26.8. The fourth-order valence-corrected chi connectivity index (χ4v) is 5.76. The lowest BCUT2D eigenvalue weighted by atomic mass is 9.96. The molecule has 0 saturated heterocycles. The molecule has 0 fully saturated rings. The molecule has 0 aliphatic rings. The molecule has 0 unspecified atom stereocenters. The Balaban J connectivity index is 1.41. The molecule has 0 amide bonds. The Bertz CT molecular complexity index is 1910. The summed E-state index contributed by atoms with van der Waals surface area (Å²) in [6, 6.07) is 37.2. The van der Waals surface area contributed by atoms with E-state index in [0.717, 1.165) is 81.4 Å². The zero-order valence-electron chi connectivity index (χ0n) is 26.0. The van der Waals surface area contributed by atoms with Crippen LogP contribution in [0, 0.1) is 0 Å². The van der Waals surface area contributed by atoms with Gasteiger partial charge in [0.25, 0.3) is 0 Å². The third-order valence-electron chi connectivity index (χ3n) is 7.93. The van der Waals surface area contributed by atoms with E-state index in [-0.39, 0.29) is 12.6 Å². The van der Waals surface area contributed by atoms with Crippen LogP contribution in [0.25, 0.3) is 56.2 Å². The minimum atomic E-state index is 0.186. The number of aliphatic hydroxyl groups is 1. The van der Waals surface area contributed by atoms with Gasteiger partial charge in [0.15, 0.2) is 0 Å². The van der Waals surface area contributed by atoms with Crippen molar-refractivity contribution < 1.29 is 5.11 Å². The van der Waals surface area contributed by atoms with E-state index in [9.17, 15) is 5.11 Å². The molecule has 0 aliphatic heterocycles. The van der Waals surface area contributed by atoms with Gasteiger partial charge in [-0.1, -0.05) is 109 Å². The van der Waals surface area contributed by atoms with Crippen molar-refractivity contribution in [1.82, 2.24) is 19.9 Å². The number of halogens is 1. The predicted molar refractivity (Wildman–Crippen MR) is 189 cm³/mol. The molecule has 2 heterocycles. The lowest BCUT2D eigenvalue weighted by Gasteiger charge is -2.28. The molecule has 6 rings (SSSR count). The normalized spacial score (nSPS) is 11.2. The van der Waals surface area contributed by atoms with Crippen LogP contribution in [0.3, 0.4) is 0 Å². The monoisotopic (exact) mass is 625 g/mol. The third kappa shape index (κ3) is 6.99. The summed E-state index contributed by atoms with van der Waals surface area (Å²) >= 11 is 6.34. The van der Waals surface area contributed by atoms with Gasteiger partial charge >= 0.3 is 0 Å². The van der Waals surface area contributed by atoms with Crippen molar-refractivity contribution in [2.75, 3.05) is 18.1 Å². The fourth-order valence-electron chi connectivity index (χ4n) is 5.63. The highest BCUT2D eigenvalue weighted by Crippen LogP contribution is 2.36. The summed E-state index contributed by atoms with van der Waals surface area (Å²) in [6.07, 6.45) is 5.10. The van der Waals surface area contributed by atoms with E-state index >= 15 is 0 Å². The number of nitrogens with zero attached hydrogens (tertiary/aromatic N) is 5. The maximum absolute atomic E-state index is 9.33. The van der Waals surface area contributed by atoms with Crippen LogP contribution in [0.5, 0.6) is 0 Å². The molecular formula is C39H36ClN5O. The number of benzene rings is 4. The highest BCUT2D eigenvalue weighted by Gasteiger charge is 2.18. The van der Waals surface area contributed by atoms with Gasteiger partial charge in [-0.15, -0.1) is 0 Å². The standard InChI is InChI=1S/C39H36ClN5O/c1-27(2)45(21-9-10-22-46)35-26-42-37(38(44-35)29-15-7-4-8-16-29)32-19-11-17-30(23-32)31-18-12-20-33(24-31)39-36(41-25-34(40)43-39)28-13-5-3-6-14-28/h3-8,11-20,23-27,46H,9-10,21-22H2,1-2H3. The van der Waals surface area contributed by atoms with E-state index in [1.807, 2.05) is 66.9 Å². The Morgan fingerprint density at radius 3 is 1.70 bits per heavy atom. The second-order valence-corrected chi connectivity index (χ2v) is 11.8. The fraction of sp³-hybridized carbons (Fsp3) is 0.179. The Morgan fingerprint density at radius 1 is 0.587 bits per heavy atom. The molecule has 1 N–H and O–H groups in total. The summed E-state index contributed by atoms with van der Waals surface area (Å²) in [7, 11) is 0. The van der Waals surface area contributed by atoms with Gasteiger partial charge in [-0.3, -0.25) is 9.97 Å². The number of aliphatic hydroxyl groups excluding tert-OH is 1. The van der Waals surface area contributed by atoms with Crippen LogP contribution in [0.1, 0.15) is 26.7 Å². The van der Waals surface area contributed by atoms with E-state index in [4.69, 9.17) is 26.6 Å². The van der Waals surface area contributed by atoms with Crippen molar-refractivity contribution >= 4 is 17.4 Å². The average Bonchev–Trinajstić information content (AvgIpc) is 3.10. The van der Waals surface area contributed by atoms with E-state index < -0.39 is 0 Å². The first-order chi connectivity index (χ1) is 22.5. The van der Waals surface area contributed by atoms with Crippen molar-refractivity contribution in [3.63, 3.8) is 0 Å². The smallest absolute Gasteiger partial charge is 0.148 e. The van der Waals surface area contributed by atoms with E-state index in [0.29, 0.717) is 5.15 Å². The number of anilines is 1. The number of aromatic nitrogens is 4. The van der Waals surface area contributed by atoms with Gasteiger partial charge in [-0.05, 0) is 49.9 Å². The van der Waals surface area contributed by atoms with Crippen LogP contribution in [0.15, 0.2) is 122 Å². The Morgan fingerprint density at radius 2 is 1.09 bits per heavy atom. The number of rotatable bonds is 11. The molecule has 230 valence electrons. The SMILES string of the molecule is CC(C)N(CCCCO)c1cnc(-c2cccc(-c3cccc(-c4nc(Cl)cnc4-c4ccccc4)c3)c2)c(-c2ccccc2)n1. The summed E-state index contributed by atoms with van der Waals surface area (Å²) in [5.41, 5.74) is 9.15. The van der Waals surface area contributed by atoms with Crippen molar-refractivity contribution in [3.05, 3.63) is 127 Å². The number of hydrogen-bond acceptors (Lipinski definition) is 6. The Labute approximate surface area is 275 Å². The lowest BCUT2D eigenvalue weighted by molar-refractivity contribution is 0.284. The molecule has 0 spiro atoms. The quantitative estimate of drug-likeness (QED) is 0.145. The van der Waals surface area contributed by atoms with Crippen molar-refractivity contribution in [1.29, 1.82) is 0 Å². The molecule has 2 aromatic heterocycles. The number of hydrogen-bond donors (Lipinski definition) is 1. The van der Waals surface area contributed by atoms with Crippen molar-refractivity contribution in [2.45, 2.75) is 32.7 Å². The Kier molecular flexibility index (Phi) is 9.77. The van der Waals surface area contributed by atoms with E-state index in [1.54, 1.807) is 6.20 Å². The van der Waals surface area contributed by atoms with Crippen LogP contribution in [-0.2, 0) is 0 Å². The van der Waals surface area contributed by atoms with Gasteiger partial charge < -0.3 is 10.0 Å². The van der Waals surface area contributed by atoms with Crippen LogP contribution >= 0.6 is 11.6 Å². The van der Waals surface area contributed by atoms with Gasteiger partial charge in [-0.2, -0.15) is 0 Å². The highest BCUT2D eigenvalue weighted by atomic mass is 35.5. The van der Waals surface area contributed by atoms with Crippen LogP contribution in [0.2, 0.25) is 5.15 Å². The molecule has 6 aromatic rings. The average molecular weight is 626 g/mol. The summed E-state index contributed by atoms with van der Waals surface area (Å²) in [5, 5.41) is 9.68. The first kappa shape index (κ1) is 31.1.